The highest BCUT2D eigenvalue weighted by molar-refractivity contribution is 5.88. The van der Waals surface area contributed by atoms with Gasteiger partial charge in [-0.25, -0.2) is 4.98 Å². The molecular weight excluding hydrogens is 462 g/mol. The number of imidazole rings is 1. The van der Waals surface area contributed by atoms with Gasteiger partial charge >= 0.3 is 0 Å². The molecule has 2 heterocycles. The highest BCUT2D eigenvalue weighted by Crippen LogP contribution is 2.41. The van der Waals surface area contributed by atoms with E-state index in [1.165, 1.54) is 0 Å². The number of aryl methyl sites for hydroxylation is 1. The maximum absolute atomic E-state index is 13.7. The molecule has 2 aromatic carbocycles. The Morgan fingerprint density at radius 1 is 1.22 bits per heavy atom. The average Bonchev–Trinajstić information content (AvgIpc) is 3.28. The number of amides is 1. The van der Waals surface area contributed by atoms with Crippen LogP contribution in [0.15, 0.2) is 55.0 Å². The second-order valence-corrected chi connectivity index (χ2v) is 10.4. The van der Waals surface area contributed by atoms with E-state index in [-0.39, 0.29) is 5.91 Å². The summed E-state index contributed by atoms with van der Waals surface area (Å²) in [6.07, 6.45) is 9.14. The van der Waals surface area contributed by atoms with Crippen molar-refractivity contribution < 1.29 is 9.53 Å². The number of nitrogens with zero attached hydrogens (tertiary/aromatic N) is 4. The summed E-state index contributed by atoms with van der Waals surface area (Å²) in [5.41, 5.74) is 8.40. The fraction of sp³-hybridized carbons (Fsp3) is 0.433. The third-order valence-electron chi connectivity index (χ3n) is 7.73. The first-order valence-corrected chi connectivity index (χ1v) is 13.1. The van der Waals surface area contributed by atoms with Gasteiger partial charge in [0.25, 0.3) is 0 Å². The lowest BCUT2D eigenvalue weighted by Crippen LogP contribution is -2.44. The van der Waals surface area contributed by atoms with Crippen molar-refractivity contribution in [3.8, 4) is 17.6 Å². The average molecular weight is 500 g/mol. The highest BCUT2D eigenvalue weighted by Gasteiger charge is 2.42. The summed E-state index contributed by atoms with van der Waals surface area (Å²) in [6, 6.07) is 15.5. The zero-order valence-corrected chi connectivity index (χ0v) is 22.3. The molecule has 7 nitrogen and oxygen atoms in total. The van der Waals surface area contributed by atoms with Crippen molar-refractivity contribution in [2.75, 3.05) is 13.6 Å². The predicted molar refractivity (Wildman–Crippen MR) is 144 cm³/mol. The van der Waals surface area contributed by atoms with Crippen LogP contribution in [0.25, 0.3) is 0 Å². The number of rotatable bonds is 8. The molecule has 1 aliphatic rings. The molecule has 0 unspecified atom stereocenters. The van der Waals surface area contributed by atoms with Crippen LogP contribution in [0.2, 0.25) is 0 Å². The van der Waals surface area contributed by atoms with Gasteiger partial charge in [-0.15, -0.1) is 0 Å². The summed E-state index contributed by atoms with van der Waals surface area (Å²) >= 11 is 0. The Morgan fingerprint density at radius 2 is 2.03 bits per heavy atom. The van der Waals surface area contributed by atoms with E-state index in [1.54, 1.807) is 18.6 Å². The fourth-order valence-corrected chi connectivity index (χ4v) is 5.48. The first kappa shape index (κ1) is 26.4. The normalized spacial score (nSPS) is 19.7. The van der Waals surface area contributed by atoms with Crippen molar-refractivity contribution in [1.82, 2.24) is 14.5 Å². The lowest BCUT2D eigenvalue weighted by atomic mass is 9.72. The van der Waals surface area contributed by atoms with Crippen LogP contribution >= 0.6 is 0 Å². The van der Waals surface area contributed by atoms with Gasteiger partial charge in [-0.05, 0) is 61.6 Å². The summed E-state index contributed by atoms with van der Waals surface area (Å²) in [4.78, 5) is 19.7. The number of ether oxygens (including phenoxy) is 1. The molecule has 7 heteroatoms. The van der Waals surface area contributed by atoms with Gasteiger partial charge in [-0.1, -0.05) is 44.4 Å². The molecule has 2 N–H and O–H groups in total. The topological polar surface area (TPSA) is 97.2 Å². The molecule has 2 atom stereocenters. The van der Waals surface area contributed by atoms with Gasteiger partial charge in [0.05, 0.1) is 34.7 Å². The van der Waals surface area contributed by atoms with E-state index in [4.69, 9.17) is 10.5 Å². The van der Waals surface area contributed by atoms with Crippen molar-refractivity contribution in [3.63, 3.8) is 0 Å². The monoisotopic (exact) mass is 499 g/mol. The van der Waals surface area contributed by atoms with E-state index in [0.717, 1.165) is 61.9 Å². The molecular formula is C30H37N5O2. The quantitative estimate of drug-likeness (QED) is 0.449. The Balaban J connectivity index is 1.72. The van der Waals surface area contributed by atoms with Crippen molar-refractivity contribution in [2.45, 2.75) is 63.3 Å². The summed E-state index contributed by atoms with van der Waals surface area (Å²) in [5, 5.41) is 9.78. The molecule has 1 aromatic heterocycles. The molecule has 194 valence electrons. The summed E-state index contributed by atoms with van der Waals surface area (Å²) in [7, 11) is 3.81. The molecule has 0 bridgehead atoms. The number of likely N-dealkylation sites (N-methyl/N-ethyl adjacent to an activating group) is 1. The molecule has 1 aliphatic heterocycles. The summed E-state index contributed by atoms with van der Waals surface area (Å²) in [6.45, 7) is 4.86. The third kappa shape index (κ3) is 5.12. The van der Waals surface area contributed by atoms with Crippen LogP contribution in [-0.2, 0) is 22.8 Å². The van der Waals surface area contributed by atoms with Crippen LogP contribution < -0.4 is 10.5 Å². The number of aromatic nitrogens is 2. The van der Waals surface area contributed by atoms with Gasteiger partial charge in [0.2, 0.25) is 5.91 Å². The standard InChI is InChI=1S/C30H37N5O2/c1-5-6-14-30(15-7-8-16-34(3)28(30)36)24-10-9-11-25(17-24)37-26-18-23(13-12-22(26)19-31)29(2,32)27-20-33-21-35(27)4/h9-13,17-18,20-21H,5-8,14-16,32H2,1-4H3/t29-,30-/m0/s1. The molecule has 1 fully saturated rings. The van der Waals surface area contributed by atoms with E-state index < -0.39 is 11.0 Å². The summed E-state index contributed by atoms with van der Waals surface area (Å²) < 4.78 is 8.22. The number of nitriles is 1. The number of carbonyl (C=O) groups is 1. The van der Waals surface area contributed by atoms with Gasteiger partial charge in [-0.2, -0.15) is 5.26 Å². The minimum Gasteiger partial charge on any atom is -0.456 e. The fourth-order valence-electron chi connectivity index (χ4n) is 5.48. The first-order chi connectivity index (χ1) is 17.7. The highest BCUT2D eigenvalue weighted by atomic mass is 16.5. The van der Waals surface area contributed by atoms with E-state index in [1.807, 2.05) is 66.9 Å². The van der Waals surface area contributed by atoms with Crippen molar-refractivity contribution >= 4 is 5.91 Å². The molecule has 0 aliphatic carbocycles. The number of unbranched alkanes of at least 4 members (excludes halogenated alkanes) is 1. The van der Waals surface area contributed by atoms with Crippen LogP contribution in [0.5, 0.6) is 11.5 Å². The molecule has 0 radical (unpaired) electrons. The molecule has 1 amide bonds. The Bertz CT molecular complexity index is 1310. The molecule has 1 saturated heterocycles. The number of likely N-dealkylation sites (tertiary alicyclic amines) is 1. The Labute approximate surface area is 219 Å². The molecule has 3 aromatic rings. The second kappa shape index (κ2) is 10.8. The van der Waals surface area contributed by atoms with Crippen LogP contribution in [0.1, 0.15) is 74.8 Å². The van der Waals surface area contributed by atoms with Crippen molar-refractivity contribution in [2.24, 2.45) is 12.8 Å². The lowest BCUT2D eigenvalue weighted by Gasteiger charge is -2.34. The maximum Gasteiger partial charge on any atom is 0.232 e. The lowest BCUT2D eigenvalue weighted by molar-refractivity contribution is -0.136. The zero-order chi connectivity index (χ0) is 26.6. The largest absolute Gasteiger partial charge is 0.456 e. The smallest absolute Gasteiger partial charge is 0.232 e. The van der Waals surface area contributed by atoms with Crippen molar-refractivity contribution in [1.29, 1.82) is 5.26 Å². The number of hydrogen-bond acceptors (Lipinski definition) is 5. The number of hydrogen-bond donors (Lipinski definition) is 1. The van der Waals surface area contributed by atoms with E-state index >= 15 is 0 Å². The van der Waals surface area contributed by atoms with Crippen LogP contribution in [-0.4, -0.2) is 34.0 Å². The predicted octanol–water partition coefficient (Wildman–Crippen LogP) is 5.38. The van der Waals surface area contributed by atoms with Crippen LogP contribution in [0.4, 0.5) is 0 Å². The van der Waals surface area contributed by atoms with E-state index in [9.17, 15) is 10.1 Å². The van der Waals surface area contributed by atoms with Gasteiger partial charge in [-0.3, -0.25) is 4.79 Å². The Morgan fingerprint density at radius 3 is 2.73 bits per heavy atom. The Kier molecular flexibility index (Phi) is 7.70. The summed E-state index contributed by atoms with van der Waals surface area (Å²) in [5.74, 6) is 1.22. The third-order valence-corrected chi connectivity index (χ3v) is 7.73. The Hall–Kier alpha value is -3.63. The maximum atomic E-state index is 13.7. The van der Waals surface area contributed by atoms with Gasteiger partial charge in [0, 0.05) is 20.6 Å². The minimum atomic E-state index is -0.833. The van der Waals surface area contributed by atoms with Gasteiger partial charge < -0.3 is 19.9 Å². The van der Waals surface area contributed by atoms with Crippen LogP contribution in [0, 0.1) is 11.3 Å². The van der Waals surface area contributed by atoms with Crippen molar-refractivity contribution in [3.05, 3.63) is 77.4 Å². The van der Waals surface area contributed by atoms with E-state index in [0.29, 0.717) is 17.1 Å². The number of benzene rings is 2. The molecule has 0 spiro atoms. The van der Waals surface area contributed by atoms with E-state index in [2.05, 4.69) is 18.0 Å². The van der Waals surface area contributed by atoms with Gasteiger partial charge in [0.15, 0.2) is 0 Å². The first-order valence-electron chi connectivity index (χ1n) is 13.1. The number of carbonyl (C=O) groups excluding carboxylic acids is 1. The second-order valence-electron chi connectivity index (χ2n) is 10.4. The molecule has 0 saturated carbocycles. The minimum absolute atomic E-state index is 0.186. The SMILES string of the molecule is CCCC[C@@]1(c2cccc(Oc3cc([C@](C)(N)c4cncn4C)ccc3C#N)c2)CCCCN(C)C1=O. The molecule has 4 rings (SSSR count). The molecule has 37 heavy (non-hydrogen) atoms. The number of nitrogens with two attached hydrogens (primary N) is 1. The zero-order valence-electron chi connectivity index (χ0n) is 22.3. The van der Waals surface area contributed by atoms with Crippen LogP contribution in [0.3, 0.4) is 0 Å². The van der Waals surface area contributed by atoms with Gasteiger partial charge in [0.1, 0.15) is 17.6 Å².